The van der Waals surface area contributed by atoms with Gasteiger partial charge in [-0.25, -0.2) is 4.79 Å². The Morgan fingerprint density at radius 2 is 1.66 bits per heavy atom. The first-order valence-corrected chi connectivity index (χ1v) is 10.6. The van der Waals surface area contributed by atoms with Crippen LogP contribution < -0.4 is 10.6 Å². The fourth-order valence-corrected chi connectivity index (χ4v) is 4.48. The second kappa shape index (κ2) is 9.35. The molecule has 0 radical (unpaired) electrons. The number of carbonyl (C=O) groups is 1. The molecule has 2 unspecified atom stereocenters. The SMILES string of the molecule is CCC(=O)N(c1ccccc1)C1C(C)CN(CCn2nnn(CC)c2=O)CC1C. The van der Waals surface area contributed by atoms with Crippen molar-refractivity contribution < 1.29 is 4.79 Å². The minimum Gasteiger partial charge on any atom is -0.309 e. The van der Waals surface area contributed by atoms with E-state index in [0.717, 1.165) is 25.3 Å². The molecular weight excluding hydrogens is 368 g/mol. The predicted octanol–water partition coefficient (Wildman–Crippen LogP) is 1.86. The van der Waals surface area contributed by atoms with Crippen LogP contribution in [0.25, 0.3) is 0 Å². The van der Waals surface area contributed by atoms with Crippen molar-refractivity contribution in [3.8, 4) is 0 Å². The summed E-state index contributed by atoms with van der Waals surface area (Å²) < 4.78 is 2.80. The summed E-state index contributed by atoms with van der Waals surface area (Å²) in [7, 11) is 0. The summed E-state index contributed by atoms with van der Waals surface area (Å²) >= 11 is 0. The lowest BCUT2D eigenvalue weighted by molar-refractivity contribution is -0.119. The molecule has 1 amide bonds. The Kier molecular flexibility index (Phi) is 6.84. The Bertz CT molecular complexity index is 850. The molecule has 1 aromatic carbocycles. The van der Waals surface area contributed by atoms with Gasteiger partial charge in [-0.05, 0) is 41.3 Å². The summed E-state index contributed by atoms with van der Waals surface area (Å²) in [6, 6.07) is 10.1. The van der Waals surface area contributed by atoms with Crippen molar-refractivity contribution in [2.24, 2.45) is 11.8 Å². The number of anilines is 1. The van der Waals surface area contributed by atoms with Crippen molar-refractivity contribution in [3.05, 3.63) is 40.8 Å². The lowest BCUT2D eigenvalue weighted by Gasteiger charge is -2.46. The third-order valence-electron chi connectivity index (χ3n) is 5.79. The van der Waals surface area contributed by atoms with Crippen LogP contribution in [0.4, 0.5) is 5.69 Å². The number of hydrogen-bond donors (Lipinski definition) is 0. The van der Waals surface area contributed by atoms with Gasteiger partial charge in [0.15, 0.2) is 0 Å². The molecule has 29 heavy (non-hydrogen) atoms. The van der Waals surface area contributed by atoms with Gasteiger partial charge in [-0.1, -0.05) is 39.0 Å². The number of carbonyl (C=O) groups excluding carboxylic acids is 1. The van der Waals surface area contributed by atoms with Crippen molar-refractivity contribution in [2.45, 2.75) is 53.2 Å². The number of aromatic nitrogens is 4. The zero-order chi connectivity index (χ0) is 21.0. The molecule has 3 rings (SSSR count). The molecule has 0 N–H and O–H groups in total. The summed E-state index contributed by atoms with van der Waals surface area (Å²) in [6.45, 7) is 11.8. The monoisotopic (exact) mass is 400 g/mol. The molecular formula is C21H32N6O2. The Hall–Kier alpha value is -2.48. The molecule has 0 saturated carbocycles. The van der Waals surface area contributed by atoms with E-state index in [1.54, 1.807) is 0 Å². The molecule has 1 aliphatic heterocycles. The molecule has 2 aromatic rings. The van der Waals surface area contributed by atoms with Crippen molar-refractivity contribution in [1.29, 1.82) is 0 Å². The minimum atomic E-state index is -0.160. The zero-order valence-electron chi connectivity index (χ0n) is 17.9. The first-order chi connectivity index (χ1) is 14.0. The number of aryl methyl sites for hydroxylation is 1. The highest BCUT2D eigenvalue weighted by Gasteiger charge is 2.38. The molecule has 0 aliphatic carbocycles. The minimum absolute atomic E-state index is 0.157. The van der Waals surface area contributed by atoms with Crippen LogP contribution in [0.2, 0.25) is 0 Å². The third kappa shape index (κ3) is 4.58. The summed E-state index contributed by atoms with van der Waals surface area (Å²) in [6.07, 6.45) is 0.491. The van der Waals surface area contributed by atoms with Crippen molar-refractivity contribution in [1.82, 2.24) is 24.7 Å². The van der Waals surface area contributed by atoms with Crippen LogP contribution in [-0.4, -0.2) is 56.3 Å². The predicted molar refractivity (Wildman–Crippen MR) is 113 cm³/mol. The number of para-hydroxylation sites is 1. The van der Waals surface area contributed by atoms with Gasteiger partial charge in [0.1, 0.15) is 0 Å². The molecule has 1 saturated heterocycles. The highest BCUT2D eigenvalue weighted by molar-refractivity contribution is 5.93. The lowest BCUT2D eigenvalue weighted by atomic mass is 9.84. The molecule has 1 fully saturated rings. The van der Waals surface area contributed by atoms with Crippen LogP contribution >= 0.6 is 0 Å². The molecule has 1 aromatic heterocycles. The standard InChI is InChI=1S/C21H32N6O2/c1-5-19(28)27(18-10-8-7-9-11-18)20-16(3)14-24(15-17(20)4)12-13-26-21(29)25(6-2)22-23-26/h7-11,16-17,20H,5-6,12-15H2,1-4H3. The second-order valence-electron chi connectivity index (χ2n) is 7.96. The molecule has 2 heterocycles. The molecule has 2 atom stereocenters. The quantitative estimate of drug-likeness (QED) is 0.709. The van der Waals surface area contributed by atoms with Crippen LogP contribution in [0.3, 0.4) is 0 Å². The lowest BCUT2D eigenvalue weighted by Crippen LogP contribution is -2.57. The highest BCUT2D eigenvalue weighted by atomic mass is 16.2. The average molecular weight is 401 g/mol. The van der Waals surface area contributed by atoms with Gasteiger partial charge >= 0.3 is 5.69 Å². The number of benzene rings is 1. The number of piperidine rings is 1. The number of hydrogen-bond acceptors (Lipinski definition) is 5. The van der Waals surface area contributed by atoms with E-state index >= 15 is 0 Å². The summed E-state index contributed by atoms with van der Waals surface area (Å²) in [5.41, 5.74) is 0.812. The van der Waals surface area contributed by atoms with E-state index in [2.05, 4.69) is 29.2 Å². The molecule has 158 valence electrons. The number of likely N-dealkylation sites (tertiary alicyclic amines) is 1. The van der Waals surface area contributed by atoms with Crippen LogP contribution in [-0.2, 0) is 17.9 Å². The Balaban J connectivity index is 1.70. The zero-order valence-corrected chi connectivity index (χ0v) is 17.9. The van der Waals surface area contributed by atoms with Crippen LogP contribution in [0.5, 0.6) is 0 Å². The summed E-state index contributed by atoms with van der Waals surface area (Å²) in [5, 5.41) is 7.84. The average Bonchev–Trinajstić information content (AvgIpc) is 3.08. The highest BCUT2D eigenvalue weighted by Crippen LogP contribution is 2.31. The largest absolute Gasteiger partial charge is 0.363 e. The maximum atomic E-state index is 12.8. The Morgan fingerprint density at radius 3 is 2.21 bits per heavy atom. The molecule has 0 spiro atoms. The number of tetrazole rings is 1. The number of amides is 1. The molecule has 8 nitrogen and oxygen atoms in total. The molecule has 0 bridgehead atoms. The smallest absolute Gasteiger partial charge is 0.309 e. The van der Waals surface area contributed by atoms with Gasteiger partial charge in [-0.3, -0.25) is 4.79 Å². The topological polar surface area (TPSA) is 76.3 Å². The van der Waals surface area contributed by atoms with E-state index in [0.29, 0.717) is 31.3 Å². The first-order valence-electron chi connectivity index (χ1n) is 10.6. The maximum Gasteiger partial charge on any atom is 0.363 e. The second-order valence-corrected chi connectivity index (χ2v) is 7.96. The van der Waals surface area contributed by atoms with Gasteiger partial charge in [0.05, 0.1) is 6.54 Å². The van der Waals surface area contributed by atoms with E-state index in [1.807, 2.05) is 49.1 Å². The van der Waals surface area contributed by atoms with Gasteiger partial charge in [0.2, 0.25) is 5.91 Å². The van der Waals surface area contributed by atoms with Crippen LogP contribution in [0.15, 0.2) is 35.1 Å². The normalized spacial score (nSPS) is 22.6. The van der Waals surface area contributed by atoms with Crippen molar-refractivity contribution in [3.63, 3.8) is 0 Å². The van der Waals surface area contributed by atoms with E-state index in [1.165, 1.54) is 9.36 Å². The number of nitrogens with zero attached hydrogens (tertiary/aromatic N) is 6. The first kappa shape index (κ1) is 21.2. The van der Waals surface area contributed by atoms with Crippen LogP contribution in [0.1, 0.15) is 34.1 Å². The fourth-order valence-electron chi connectivity index (χ4n) is 4.48. The van der Waals surface area contributed by atoms with Crippen LogP contribution in [0, 0.1) is 11.8 Å². The summed E-state index contributed by atoms with van der Waals surface area (Å²) in [5.74, 6) is 0.797. The third-order valence-corrected chi connectivity index (χ3v) is 5.79. The van der Waals surface area contributed by atoms with Gasteiger partial charge in [0.25, 0.3) is 0 Å². The fraction of sp³-hybridized carbons (Fsp3) is 0.619. The van der Waals surface area contributed by atoms with Crippen molar-refractivity contribution >= 4 is 11.6 Å². The molecule has 8 heteroatoms. The van der Waals surface area contributed by atoms with E-state index in [-0.39, 0.29) is 17.6 Å². The van der Waals surface area contributed by atoms with Gasteiger partial charge in [-0.15, -0.1) is 0 Å². The van der Waals surface area contributed by atoms with E-state index in [9.17, 15) is 9.59 Å². The van der Waals surface area contributed by atoms with E-state index in [4.69, 9.17) is 0 Å². The number of rotatable bonds is 7. The van der Waals surface area contributed by atoms with Gasteiger partial charge < -0.3 is 9.80 Å². The maximum absolute atomic E-state index is 12.8. The molecule has 1 aliphatic rings. The summed E-state index contributed by atoms with van der Waals surface area (Å²) in [4.78, 5) is 29.3. The van der Waals surface area contributed by atoms with Gasteiger partial charge in [-0.2, -0.15) is 9.36 Å². The van der Waals surface area contributed by atoms with Crippen molar-refractivity contribution in [2.75, 3.05) is 24.5 Å². The Morgan fingerprint density at radius 1 is 1.03 bits per heavy atom. The van der Waals surface area contributed by atoms with E-state index < -0.39 is 0 Å². The van der Waals surface area contributed by atoms with Gasteiger partial charge in [0, 0.05) is 44.3 Å². The Labute approximate surface area is 172 Å².